The molecule has 0 atom stereocenters. The molecule has 0 amide bonds. The zero-order valence-electron chi connectivity index (χ0n) is 17.6. The first-order chi connectivity index (χ1) is 13.2. The van der Waals surface area contributed by atoms with Crippen LogP contribution in [0.3, 0.4) is 0 Å². The summed E-state index contributed by atoms with van der Waals surface area (Å²) in [5.74, 6) is 4.04. The molecule has 8 heteroatoms. The van der Waals surface area contributed by atoms with E-state index in [0.29, 0.717) is 0 Å². The first kappa shape index (κ1) is 25.2. The van der Waals surface area contributed by atoms with Gasteiger partial charge >= 0.3 is 0 Å². The second-order valence-corrected chi connectivity index (χ2v) is 7.60. The van der Waals surface area contributed by atoms with E-state index in [0.717, 1.165) is 56.7 Å². The second kappa shape index (κ2) is 14.2. The van der Waals surface area contributed by atoms with Gasteiger partial charge in [0.25, 0.3) is 0 Å². The van der Waals surface area contributed by atoms with Crippen LogP contribution in [0, 0.1) is 0 Å². The number of unbranched alkanes of at least 4 members (excludes halogenated alkanes) is 1. The van der Waals surface area contributed by atoms with Gasteiger partial charge in [0.15, 0.2) is 5.96 Å². The van der Waals surface area contributed by atoms with Crippen LogP contribution in [0.5, 0.6) is 11.5 Å². The Bertz CT molecular complexity index is 596. The number of aliphatic imine (C=N–C) groups is 1. The smallest absolute Gasteiger partial charge is 0.193 e. The number of thioether (sulfide) groups is 1. The number of hydrogen-bond acceptors (Lipinski definition) is 5. The number of nitrogens with one attached hydrogen (secondary N) is 1. The van der Waals surface area contributed by atoms with E-state index in [1.54, 1.807) is 14.2 Å². The minimum absolute atomic E-state index is 0. The molecule has 1 saturated heterocycles. The number of ether oxygens (including phenoxy) is 2. The van der Waals surface area contributed by atoms with Crippen molar-refractivity contribution in [1.82, 2.24) is 15.1 Å². The number of guanidine groups is 1. The van der Waals surface area contributed by atoms with Crippen molar-refractivity contribution < 1.29 is 9.47 Å². The van der Waals surface area contributed by atoms with E-state index in [2.05, 4.69) is 32.4 Å². The summed E-state index contributed by atoms with van der Waals surface area (Å²) in [4.78, 5) is 9.27. The number of rotatable bonds is 9. The van der Waals surface area contributed by atoms with Crippen molar-refractivity contribution in [2.24, 2.45) is 4.99 Å². The van der Waals surface area contributed by atoms with Gasteiger partial charge in [-0.3, -0.25) is 9.89 Å². The molecule has 0 spiro atoms. The summed E-state index contributed by atoms with van der Waals surface area (Å²) >= 11 is 1.91. The van der Waals surface area contributed by atoms with Crippen LogP contribution in [0.15, 0.2) is 23.2 Å². The lowest BCUT2D eigenvalue weighted by Crippen LogP contribution is -2.52. The highest BCUT2D eigenvalue weighted by atomic mass is 127. The summed E-state index contributed by atoms with van der Waals surface area (Å²) in [5.41, 5.74) is 1.17. The lowest BCUT2D eigenvalue weighted by Gasteiger charge is -2.36. The first-order valence-corrected chi connectivity index (χ1v) is 11.0. The van der Waals surface area contributed by atoms with Crippen molar-refractivity contribution >= 4 is 41.7 Å². The van der Waals surface area contributed by atoms with Gasteiger partial charge < -0.3 is 19.7 Å². The number of piperazine rings is 1. The van der Waals surface area contributed by atoms with E-state index in [1.165, 1.54) is 24.2 Å². The summed E-state index contributed by atoms with van der Waals surface area (Å²) in [6.07, 6.45) is 4.60. The molecule has 1 fully saturated rings. The van der Waals surface area contributed by atoms with Crippen LogP contribution in [0.1, 0.15) is 18.4 Å². The largest absolute Gasteiger partial charge is 0.497 e. The number of benzene rings is 1. The van der Waals surface area contributed by atoms with Gasteiger partial charge in [0.2, 0.25) is 0 Å². The normalized spacial score (nSPS) is 15.1. The lowest BCUT2D eigenvalue weighted by atomic mass is 10.1. The van der Waals surface area contributed by atoms with Crippen LogP contribution in [-0.4, -0.2) is 81.8 Å². The topological polar surface area (TPSA) is 49.3 Å². The average Bonchev–Trinajstić information content (AvgIpc) is 2.71. The standard InChI is InChI=1S/C20H34N4O2S.HI/c1-21-20(22-9-5-6-14-27-4)24-12-10-23(11-13-24)16-17-15-18(25-2)7-8-19(17)26-3;/h7-8,15H,5-6,9-14,16H2,1-4H3,(H,21,22);1H. The van der Waals surface area contributed by atoms with Gasteiger partial charge in [-0.2, -0.15) is 11.8 Å². The van der Waals surface area contributed by atoms with Crippen molar-refractivity contribution in [3.05, 3.63) is 23.8 Å². The van der Waals surface area contributed by atoms with Gasteiger partial charge in [-0.25, -0.2) is 0 Å². The fourth-order valence-corrected chi connectivity index (χ4v) is 3.76. The van der Waals surface area contributed by atoms with Crippen LogP contribution in [0.25, 0.3) is 0 Å². The molecule has 2 rings (SSSR count). The molecule has 160 valence electrons. The van der Waals surface area contributed by atoms with Gasteiger partial charge in [0.1, 0.15) is 11.5 Å². The maximum Gasteiger partial charge on any atom is 0.193 e. The number of nitrogens with zero attached hydrogens (tertiary/aromatic N) is 3. The van der Waals surface area contributed by atoms with Gasteiger partial charge in [0.05, 0.1) is 14.2 Å². The van der Waals surface area contributed by atoms with Gasteiger partial charge in [-0.15, -0.1) is 24.0 Å². The third-order valence-corrected chi connectivity index (χ3v) is 5.52. The molecule has 0 unspecified atom stereocenters. The summed E-state index contributed by atoms with van der Waals surface area (Å²) in [6, 6.07) is 5.99. The maximum atomic E-state index is 5.51. The summed E-state index contributed by atoms with van der Waals surface area (Å²) in [6.45, 7) is 5.85. The Morgan fingerprint density at radius 1 is 1.14 bits per heavy atom. The molecule has 0 saturated carbocycles. The van der Waals surface area contributed by atoms with Gasteiger partial charge in [-0.05, 0) is 43.0 Å². The molecule has 1 aliphatic rings. The minimum Gasteiger partial charge on any atom is -0.497 e. The van der Waals surface area contributed by atoms with Crippen molar-refractivity contribution in [3.8, 4) is 11.5 Å². The molecule has 0 aromatic heterocycles. The molecular formula is C20H35IN4O2S. The van der Waals surface area contributed by atoms with E-state index in [-0.39, 0.29) is 24.0 Å². The summed E-state index contributed by atoms with van der Waals surface area (Å²) in [5, 5.41) is 3.51. The van der Waals surface area contributed by atoms with Crippen LogP contribution >= 0.6 is 35.7 Å². The molecule has 0 aliphatic carbocycles. The first-order valence-electron chi connectivity index (χ1n) is 9.59. The Hall–Kier alpha value is -0.870. The monoisotopic (exact) mass is 522 g/mol. The summed E-state index contributed by atoms with van der Waals surface area (Å²) in [7, 11) is 5.29. The lowest BCUT2D eigenvalue weighted by molar-refractivity contribution is 0.171. The van der Waals surface area contributed by atoms with E-state index in [1.807, 2.05) is 30.9 Å². The van der Waals surface area contributed by atoms with Crippen LogP contribution in [0.4, 0.5) is 0 Å². The molecule has 6 nitrogen and oxygen atoms in total. The highest BCUT2D eigenvalue weighted by Gasteiger charge is 2.20. The van der Waals surface area contributed by atoms with Crippen LogP contribution < -0.4 is 14.8 Å². The van der Waals surface area contributed by atoms with Crippen molar-refractivity contribution in [2.75, 3.05) is 66.0 Å². The van der Waals surface area contributed by atoms with E-state index in [9.17, 15) is 0 Å². The Balaban J connectivity index is 0.00000392. The number of halogens is 1. The molecule has 1 aromatic carbocycles. The zero-order chi connectivity index (χ0) is 19.5. The second-order valence-electron chi connectivity index (χ2n) is 6.61. The van der Waals surface area contributed by atoms with Crippen LogP contribution in [-0.2, 0) is 6.54 Å². The van der Waals surface area contributed by atoms with Gasteiger partial charge in [0, 0.05) is 51.9 Å². The Morgan fingerprint density at radius 2 is 1.89 bits per heavy atom. The highest BCUT2D eigenvalue weighted by molar-refractivity contribution is 14.0. The fourth-order valence-electron chi connectivity index (χ4n) is 3.27. The van der Waals surface area contributed by atoms with Crippen molar-refractivity contribution in [2.45, 2.75) is 19.4 Å². The third kappa shape index (κ3) is 7.87. The fraction of sp³-hybridized carbons (Fsp3) is 0.650. The van der Waals surface area contributed by atoms with E-state index >= 15 is 0 Å². The summed E-state index contributed by atoms with van der Waals surface area (Å²) < 4.78 is 10.9. The predicted octanol–water partition coefficient (Wildman–Crippen LogP) is 3.16. The van der Waals surface area contributed by atoms with Crippen molar-refractivity contribution in [3.63, 3.8) is 0 Å². The van der Waals surface area contributed by atoms with E-state index in [4.69, 9.17) is 9.47 Å². The Kier molecular flexibility index (Phi) is 12.7. The third-order valence-electron chi connectivity index (χ3n) is 4.82. The minimum atomic E-state index is 0. The molecule has 1 heterocycles. The van der Waals surface area contributed by atoms with E-state index < -0.39 is 0 Å². The van der Waals surface area contributed by atoms with Crippen molar-refractivity contribution in [1.29, 1.82) is 0 Å². The molecule has 0 radical (unpaired) electrons. The molecule has 1 aliphatic heterocycles. The Labute approximate surface area is 191 Å². The predicted molar refractivity (Wildman–Crippen MR) is 131 cm³/mol. The average molecular weight is 522 g/mol. The number of methoxy groups -OCH3 is 2. The zero-order valence-corrected chi connectivity index (χ0v) is 20.7. The molecule has 1 aromatic rings. The molecule has 0 bridgehead atoms. The number of hydrogen-bond donors (Lipinski definition) is 1. The molecule has 1 N–H and O–H groups in total. The quantitative estimate of drug-likeness (QED) is 0.233. The molecule has 28 heavy (non-hydrogen) atoms. The van der Waals surface area contributed by atoms with Crippen LogP contribution in [0.2, 0.25) is 0 Å². The maximum absolute atomic E-state index is 5.51. The Morgan fingerprint density at radius 3 is 2.50 bits per heavy atom. The highest BCUT2D eigenvalue weighted by Crippen LogP contribution is 2.25. The SMILES string of the molecule is CN=C(NCCCCSC)N1CCN(Cc2cc(OC)ccc2OC)CC1.I. The van der Waals surface area contributed by atoms with Gasteiger partial charge in [-0.1, -0.05) is 0 Å². The molecular weight excluding hydrogens is 487 g/mol.